The molecular formula is C24H28ClN3O5S2. The highest BCUT2D eigenvalue weighted by Crippen LogP contribution is 2.34. The molecule has 3 aromatic rings. The molecule has 2 heterocycles. The molecule has 2 unspecified atom stereocenters. The molecule has 11 heteroatoms. The second-order valence-corrected chi connectivity index (χ2v) is 12.1. The Morgan fingerprint density at radius 2 is 1.97 bits per heavy atom. The summed E-state index contributed by atoms with van der Waals surface area (Å²) in [4.78, 5) is 13.9. The van der Waals surface area contributed by atoms with E-state index in [-0.39, 0.29) is 33.2 Å². The lowest BCUT2D eigenvalue weighted by Crippen LogP contribution is -2.29. The molecule has 0 saturated carbocycles. The van der Waals surface area contributed by atoms with Crippen molar-refractivity contribution in [3.63, 3.8) is 0 Å². The summed E-state index contributed by atoms with van der Waals surface area (Å²) in [5, 5.41) is 17.8. The van der Waals surface area contributed by atoms with Gasteiger partial charge in [-0.05, 0) is 56.5 Å². The lowest BCUT2D eigenvalue weighted by Gasteiger charge is -2.19. The predicted molar refractivity (Wildman–Crippen MR) is 139 cm³/mol. The number of nitrogens with zero attached hydrogens (tertiary/aromatic N) is 1. The number of carbonyl (C=O) groups excluding carboxylic acids is 1. The van der Waals surface area contributed by atoms with E-state index >= 15 is 0 Å². The maximum atomic E-state index is 13.6. The molecule has 0 radical (unpaired) electrons. The molecule has 0 spiro atoms. The van der Waals surface area contributed by atoms with E-state index in [9.17, 15) is 18.3 Å². The Labute approximate surface area is 213 Å². The predicted octanol–water partition coefficient (Wildman–Crippen LogP) is 5.37. The number of thiophene rings is 1. The van der Waals surface area contributed by atoms with Gasteiger partial charge in [0.1, 0.15) is 15.6 Å². The van der Waals surface area contributed by atoms with Gasteiger partial charge in [-0.25, -0.2) is 8.42 Å². The molecule has 188 valence electrons. The summed E-state index contributed by atoms with van der Waals surface area (Å²) in [6.07, 6.45) is 1.20. The number of carbonyl (C=O) groups is 1. The van der Waals surface area contributed by atoms with Crippen molar-refractivity contribution in [2.75, 3.05) is 17.2 Å². The molecule has 3 N–H and O–H groups in total. The zero-order chi connectivity index (χ0) is 26.1. The van der Waals surface area contributed by atoms with Crippen LogP contribution in [-0.2, 0) is 9.84 Å². The fourth-order valence-electron chi connectivity index (χ4n) is 3.84. The van der Waals surface area contributed by atoms with Gasteiger partial charge in [0.15, 0.2) is 5.37 Å². The molecule has 1 amide bonds. The third kappa shape index (κ3) is 5.45. The zero-order valence-electron chi connectivity index (χ0n) is 20.1. The molecule has 2 aromatic heterocycles. The number of aryl methyl sites for hydroxylation is 4. The van der Waals surface area contributed by atoms with Crippen molar-refractivity contribution in [2.45, 2.75) is 50.8 Å². The van der Waals surface area contributed by atoms with E-state index < -0.39 is 21.1 Å². The van der Waals surface area contributed by atoms with Gasteiger partial charge in [-0.3, -0.25) is 4.79 Å². The fraction of sp³-hybridized carbons (Fsp3) is 0.333. The quantitative estimate of drug-likeness (QED) is 0.314. The molecule has 1 aromatic carbocycles. The number of aliphatic hydroxyl groups is 1. The molecule has 0 fully saturated rings. The van der Waals surface area contributed by atoms with Crippen molar-refractivity contribution >= 4 is 50.3 Å². The van der Waals surface area contributed by atoms with Crippen molar-refractivity contribution in [1.29, 1.82) is 0 Å². The van der Waals surface area contributed by atoms with Crippen molar-refractivity contribution in [1.82, 2.24) is 5.16 Å². The van der Waals surface area contributed by atoms with Crippen LogP contribution in [0.1, 0.15) is 49.8 Å². The van der Waals surface area contributed by atoms with Gasteiger partial charge in [0.25, 0.3) is 5.91 Å². The smallest absolute Gasteiger partial charge is 0.267 e. The second kappa shape index (κ2) is 10.5. The Balaban J connectivity index is 2.01. The maximum absolute atomic E-state index is 13.6. The number of aromatic nitrogens is 1. The maximum Gasteiger partial charge on any atom is 0.267 e. The van der Waals surface area contributed by atoms with Crippen LogP contribution >= 0.6 is 22.9 Å². The zero-order valence-corrected chi connectivity index (χ0v) is 22.5. The van der Waals surface area contributed by atoms with Gasteiger partial charge in [0.2, 0.25) is 15.7 Å². The Bertz CT molecular complexity index is 1380. The van der Waals surface area contributed by atoms with Gasteiger partial charge in [-0.15, -0.1) is 11.3 Å². The second-order valence-electron chi connectivity index (χ2n) is 8.39. The van der Waals surface area contributed by atoms with E-state index in [1.165, 1.54) is 12.1 Å². The Hall–Kier alpha value is -2.66. The van der Waals surface area contributed by atoms with Crippen LogP contribution < -0.4 is 10.6 Å². The van der Waals surface area contributed by atoms with E-state index in [2.05, 4.69) is 22.4 Å². The van der Waals surface area contributed by atoms with Gasteiger partial charge in [-0.1, -0.05) is 42.4 Å². The fourth-order valence-corrected chi connectivity index (χ4v) is 6.80. The van der Waals surface area contributed by atoms with Gasteiger partial charge < -0.3 is 20.3 Å². The average molecular weight is 538 g/mol. The molecule has 8 nitrogen and oxygen atoms in total. The number of benzene rings is 1. The van der Waals surface area contributed by atoms with E-state index in [1.807, 2.05) is 32.9 Å². The summed E-state index contributed by atoms with van der Waals surface area (Å²) in [5.41, 5.74) is 3.59. The van der Waals surface area contributed by atoms with Crippen LogP contribution in [0.2, 0.25) is 5.02 Å². The molecule has 3 rings (SSSR count). The van der Waals surface area contributed by atoms with Crippen molar-refractivity contribution < 1.29 is 22.8 Å². The highest BCUT2D eigenvalue weighted by atomic mass is 35.5. The minimum atomic E-state index is -4.12. The number of anilines is 2. The molecule has 0 bridgehead atoms. The van der Waals surface area contributed by atoms with E-state index in [0.29, 0.717) is 16.3 Å². The number of sulfone groups is 1. The van der Waals surface area contributed by atoms with E-state index in [1.54, 1.807) is 13.8 Å². The number of aliphatic hydroxyl groups excluding tert-OH is 1. The largest absolute Gasteiger partial charge is 0.396 e. The molecular weight excluding hydrogens is 510 g/mol. The first-order valence-electron chi connectivity index (χ1n) is 10.8. The summed E-state index contributed by atoms with van der Waals surface area (Å²) >= 11 is 7.21. The highest BCUT2D eigenvalue weighted by Gasteiger charge is 2.33. The van der Waals surface area contributed by atoms with Crippen LogP contribution in [0, 0.1) is 27.7 Å². The van der Waals surface area contributed by atoms with Gasteiger partial charge in [0, 0.05) is 23.1 Å². The van der Waals surface area contributed by atoms with Crippen LogP contribution in [0.15, 0.2) is 40.3 Å². The van der Waals surface area contributed by atoms with Crippen LogP contribution in [0.3, 0.4) is 0 Å². The third-order valence-corrected chi connectivity index (χ3v) is 9.03. The van der Waals surface area contributed by atoms with Crippen molar-refractivity contribution in [2.24, 2.45) is 0 Å². The van der Waals surface area contributed by atoms with Crippen molar-refractivity contribution in [3.8, 4) is 0 Å². The van der Waals surface area contributed by atoms with E-state index in [4.69, 9.17) is 16.1 Å². The summed E-state index contributed by atoms with van der Waals surface area (Å²) in [7, 11) is -4.12. The van der Waals surface area contributed by atoms with Crippen molar-refractivity contribution in [3.05, 3.63) is 68.0 Å². The summed E-state index contributed by atoms with van der Waals surface area (Å²) < 4.78 is 32.2. The van der Waals surface area contributed by atoms with E-state index in [0.717, 1.165) is 28.0 Å². The van der Waals surface area contributed by atoms with Crippen LogP contribution in [0.25, 0.3) is 0 Å². The number of nitrogens with one attached hydrogen (secondary N) is 2. The minimum absolute atomic E-state index is 0.00605. The summed E-state index contributed by atoms with van der Waals surface area (Å²) in [5.74, 6) is -0.786. The van der Waals surface area contributed by atoms with Gasteiger partial charge in [0.05, 0.1) is 4.90 Å². The Kier molecular flexibility index (Phi) is 8.10. The van der Waals surface area contributed by atoms with Gasteiger partial charge in [-0.2, -0.15) is 0 Å². The summed E-state index contributed by atoms with van der Waals surface area (Å²) in [6, 6.07) is 5.24. The third-order valence-electron chi connectivity index (χ3n) is 5.49. The topological polar surface area (TPSA) is 122 Å². The monoisotopic (exact) mass is 537 g/mol. The number of halogens is 1. The van der Waals surface area contributed by atoms with Crippen LogP contribution in [-0.4, -0.2) is 36.6 Å². The number of rotatable bonds is 9. The lowest BCUT2D eigenvalue weighted by molar-refractivity contribution is 0.102. The average Bonchev–Trinajstić information content (AvgIpc) is 3.34. The summed E-state index contributed by atoms with van der Waals surface area (Å²) in [6.45, 7) is 12.5. The number of amides is 1. The molecule has 0 aliphatic carbocycles. The van der Waals surface area contributed by atoms with Gasteiger partial charge >= 0.3 is 0 Å². The minimum Gasteiger partial charge on any atom is -0.396 e. The highest BCUT2D eigenvalue weighted by molar-refractivity contribution is 7.92. The molecule has 0 saturated heterocycles. The number of hydrogen-bond acceptors (Lipinski definition) is 8. The first-order valence-corrected chi connectivity index (χ1v) is 13.5. The first-order chi connectivity index (χ1) is 16.4. The lowest BCUT2D eigenvalue weighted by atomic mass is 9.93. The Morgan fingerprint density at radius 3 is 2.54 bits per heavy atom. The SMILES string of the molecule is C=CC(Nc1onc(C)c1Cl)S(=O)(=O)c1cc(C)sc1C(=O)Nc1cc(C)cc(C)c1C(C)CO. The standard InChI is InChI=1S/C24H28ClN3O5S2/c1-7-19(27-24-21(25)16(6)28-33-24)35(31,32)18-10-15(5)34-22(18)23(30)26-17-9-12(2)8-13(3)20(17)14(4)11-29/h7-10,14,19,27,29H,1,11H2,2-6H3,(H,26,30). The first kappa shape index (κ1) is 26.9. The van der Waals surface area contributed by atoms with Crippen LogP contribution in [0.5, 0.6) is 0 Å². The molecule has 35 heavy (non-hydrogen) atoms. The van der Waals surface area contributed by atoms with Crippen LogP contribution in [0.4, 0.5) is 11.6 Å². The molecule has 2 atom stereocenters. The number of hydrogen-bond donors (Lipinski definition) is 3. The molecule has 0 aliphatic rings. The normalized spacial score (nSPS) is 13.3. The molecule has 0 aliphatic heterocycles. The Morgan fingerprint density at radius 1 is 1.29 bits per heavy atom.